The number of H-pyrrole nitrogens is 2. The molecule has 4 aromatic heterocycles. The molecule has 7 nitrogen and oxygen atoms in total. The van der Waals surface area contributed by atoms with Crippen molar-refractivity contribution in [2.45, 2.75) is 31.2 Å². The van der Waals surface area contributed by atoms with Crippen molar-refractivity contribution in [2.24, 2.45) is 0 Å². The van der Waals surface area contributed by atoms with E-state index >= 15 is 0 Å². The zero-order valence-electron chi connectivity index (χ0n) is 13.7. The molecule has 126 valence electrons. The molecule has 1 saturated carbocycles. The summed E-state index contributed by atoms with van der Waals surface area (Å²) in [5, 5.41) is 13.6. The number of anilines is 2. The fourth-order valence-corrected chi connectivity index (χ4v) is 3.90. The molecule has 0 amide bonds. The number of nitrogens with two attached hydrogens (primary N) is 1. The van der Waals surface area contributed by atoms with Crippen molar-refractivity contribution in [1.29, 1.82) is 0 Å². The first-order chi connectivity index (χ1) is 12.3. The molecule has 0 radical (unpaired) electrons. The van der Waals surface area contributed by atoms with Gasteiger partial charge in [0.25, 0.3) is 0 Å². The van der Waals surface area contributed by atoms with Gasteiger partial charge >= 0.3 is 0 Å². The van der Waals surface area contributed by atoms with Crippen LogP contribution < -0.4 is 11.1 Å². The first-order valence-corrected chi connectivity index (χ1v) is 8.56. The van der Waals surface area contributed by atoms with Crippen LogP contribution in [0.1, 0.15) is 30.9 Å². The molecule has 25 heavy (non-hydrogen) atoms. The van der Waals surface area contributed by atoms with E-state index in [1.807, 2.05) is 24.5 Å². The average molecular weight is 333 g/mol. The van der Waals surface area contributed by atoms with Crippen LogP contribution >= 0.6 is 0 Å². The fourth-order valence-electron chi connectivity index (χ4n) is 3.90. The number of nitrogen functional groups attached to an aromatic ring is 1. The van der Waals surface area contributed by atoms with Crippen molar-refractivity contribution in [3.05, 3.63) is 42.5 Å². The molecule has 5 rings (SSSR count). The summed E-state index contributed by atoms with van der Waals surface area (Å²) >= 11 is 0. The lowest BCUT2D eigenvalue weighted by atomic mass is 9.99. The van der Waals surface area contributed by atoms with Gasteiger partial charge in [-0.15, -0.1) is 0 Å². The Hall–Kier alpha value is -3.09. The number of aromatic nitrogens is 5. The zero-order chi connectivity index (χ0) is 16.8. The highest BCUT2D eigenvalue weighted by molar-refractivity contribution is 6.04. The van der Waals surface area contributed by atoms with Crippen LogP contribution in [0.4, 0.5) is 11.5 Å². The molecule has 0 saturated heterocycles. The van der Waals surface area contributed by atoms with Gasteiger partial charge in [-0.1, -0.05) is 0 Å². The summed E-state index contributed by atoms with van der Waals surface area (Å²) in [4.78, 5) is 12.0. The standard InChI is InChI=1S/C18H19N7/c19-11-2-4-15(21-8-11)23-12-3-1-10(7-12)17-16-13-5-6-20-18(13)22-9-14(16)24-25-17/h2,4-6,8-10,12H,1,3,7,19H2,(H,20,22)(H,21,23)(H,24,25)/t10-,12+/m0/s1. The summed E-state index contributed by atoms with van der Waals surface area (Å²) in [6, 6.07) is 6.28. The molecule has 0 spiro atoms. The first kappa shape index (κ1) is 14.3. The Balaban J connectivity index is 1.42. The van der Waals surface area contributed by atoms with Crippen LogP contribution in [0.25, 0.3) is 21.9 Å². The summed E-state index contributed by atoms with van der Waals surface area (Å²) in [6.07, 6.45) is 8.73. The maximum atomic E-state index is 5.70. The first-order valence-electron chi connectivity index (χ1n) is 8.56. The summed E-state index contributed by atoms with van der Waals surface area (Å²) in [5.41, 5.74) is 9.44. The van der Waals surface area contributed by atoms with Crippen LogP contribution in [0.5, 0.6) is 0 Å². The van der Waals surface area contributed by atoms with Crippen molar-refractivity contribution in [1.82, 2.24) is 25.1 Å². The highest BCUT2D eigenvalue weighted by Gasteiger charge is 2.29. The van der Waals surface area contributed by atoms with E-state index in [0.717, 1.165) is 47.3 Å². The summed E-state index contributed by atoms with van der Waals surface area (Å²) < 4.78 is 0. The molecule has 1 aliphatic carbocycles. The van der Waals surface area contributed by atoms with E-state index in [2.05, 4.69) is 36.5 Å². The van der Waals surface area contributed by atoms with Gasteiger partial charge in [0, 0.05) is 28.9 Å². The minimum Gasteiger partial charge on any atom is -0.397 e. The van der Waals surface area contributed by atoms with Crippen LogP contribution in [-0.4, -0.2) is 31.2 Å². The van der Waals surface area contributed by atoms with E-state index < -0.39 is 0 Å². The Morgan fingerprint density at radius 1 is 1.12 bits per heavy atom. The summed E-state index contributed by atoms with van der Waals surface area (Å²) in [5.74, 6) is 1.31. The molecule has 1 fully saturated rings. The minimum absolute atomic E-state index is 0.399. The van der Waals surface area contributed by atoms with Crippen molar-refractivity contribution in [3.8, 4) is 0 Å². The summed E-state index contributed by atoms with van der Waals surface area (Å²) in [6.45, 7) is 0. The van der Waals surface area contributed by atoms with Gasteiger partial charge in [-0.05, 0) is 37.5 Å². The third-order valence-electron chi connectivity index (χ3n) is 5.10. The molecule has 5 N–H and O–H groups in total. The van der Waals surface area contributed by atoms with Gasteiger partial charge < -0.3 is 16.0 Å². The second kappa shape index (κ2) is 5.47. The number of fused-ring (bicyclic) bond motifs is 3. The number of pyridine rings is 2. The van der Waals surface area contributed by atoms with Crippen molar-refractivity contribution >= 4 is 33.4 Å². The molecule has 0 aliphatic heterocycles. The van der Waals surface area contributed by atoms with Gasteiger partial charge in [-0.25, -0.2) is 9.97 Å². The van der Waals surface area contributed by atoms with Crippen molar-refractivity contribution < 1.29 is 0 Å². The maximum absolute atomic E-state index is 5.70. The van der Waals surface area contributed by atoms with E-state index in [1.165, 1.54) is 5.39 Å². The molecule has 0 aromatic carbocycles. The van der Waals surface area contributed by atoms with Crippen LogP contribution in [0.3, 0.4) is 0 Å². The van der Waals surface area contributed by atoms with Crippen LogP contribution in [0.2, 0.25) is 0 Å². The van der Waals surface area contributed by atoms with E-state index in [4.69, 9.17) is 5.73 Å². The Labute approximate surface area is 144 Å². The lowest BCUT2D eigenvalue weighted by molar-refractivity contribution is 0.682. The summed E-state index contributed by atoms with van der Waals surface area (Å²) in [7, 11) is 0. The van der Waals surface area contributed by atoms with Gasteiger partial charge in [0.15, 0.2) is 0 Å². The topological polar surface area (TPSA) is 108 Å². The highest BCUT2D eigenvalue weighted by Crippen LogP contribution is 2.39. The Kier molecular flexibility index (Phi) is 3.12. The molecule has 4 heterocycles. The van der Waals surface area contributed by atoms with Gasteiger partial charge in [0.1, 0.15) is 11.5 Å². The molecule has 4 aromatic rings. The lowest BCUT2D eigenvalue weighted by Crippen LogP contribution is -2.16. The number of nitrogens with zero attached hydrogens (tertiary/aromatic N) is 3. The highest BCUT2D eigenvalue weighted by atomic mass is 15.1. The van der Waals surface area contributed by atoms with Gasteiger partial charge in [-0.3, -0.25) is 5.10 Å². The Bertz CT molecular complexity index is 1030. The van der Waals surface area contributed by atoms with Gasteiger partial charge in [0.2, 0.25) is 0 Å². The predicted octanol–water partition coefficient (Wildman–Crippen LogP) is 3.16. The monoisotopic (exact) mass is 333 g/mol. The average Bonchev–Trinajstić information content (AvgIpc) is 3.34. The molecule has 7 heteroatoms. The normalized spacial score (nSPS) is 20.5. The number of hydrogen-bond donors (Lipinski definition) is 4. The quantitative estimate of drug-likeness (QED) is 0.460. The molecular weight excluding hydrogens is 314 g/mol. The number of hydrogen-bond acceptors (Lipinski definition) is 5. The third-order valence-corrected chi connectivity index (χ3v) is 5.10. The van der Waals surface area contributed by atoms with Gasteiger partial charge in [0.05, 0.1) is 29.3 Å². The van der Waals surface area contributed by atoms with E-state index in [-0.39, 0.29) is 0 Å². The van der Waals surface area contributed by atoms with Crippen LogP contribution in [-0.2, 0) is 0 Å². The Morgan fingerprint density at radius 3 is 2.96 bits per heavy atom. The van der Waals surface area contributed by atoms with E-state index in [1.54, 1.807) is 6.20 Å². The third kappa shape index (κ3) is 2.39. The molecular formula is C18H19N7. The molecule has 0 unspecified atom stereocenters. The largest absolute Gasteiger partial charge is 0.397 e. The lowest BCUT2D eigenvalue weighted by Gasteiger charge is -2.13. The molecule has 0 bridgehead atoms. The Morgan fingerprint density at radius 2 is 2.08 bits per heavy atom. The van der Waals surface area contributed by atoms with Crippen molar-refractivity contribution in [3.63, 3.8) is 0 Å². The molecule has 2 atom stereocenters. The maximum Gasteiger partial charge on any atom is 0.138 e. The number of aromatic amines is 2. The van der Waals surface area contributed by atoms with Crippen molar-refractivity contribution in [2.75, 3.05) is 11.1 Å². The van der Waals surface area contributed by atoms with E-state index in [9.17, 15) is 0 Å². The van der Waals surface area contributed by atoms with E-state index in [0.29, 0.717) is 17.6 Å². The number of rotatable bonds is 3. The SMILES string of the molecule is Nc1ccc(N[C@@H]2CC[C@H](c3n[nH]c4cnc5[nH]ccc5c34)C2)nc1. The van der Waals surface area contributed by atoms with Crippen LogP contribution in [0.15, 0.2) is 36.8 Å². The van der Waals surface area contributed by atoms with Gasteiger partial charge in [-0.2, -0.15) is 5.10 Å². The number of nitrogens with one attached hydrogen (secondary N) is 3. The minimum atomic E-state index is 0.399. The predicted molar refractivity (Wildman–Crippen MR) is 98.4 cm³/mol. The second-order valence-electron chi connectivity index (χ2n) is 6.72. The smallest absolute Gasteiger partial charge is 0.138 e. The fraction of sp³-hybridized carbons (Fsp3) is 0.278. The molecule has 1 aliphatic rings. The second-order valence-corrected chi connectivity index (χ2v) is 6.72. The van der Waals surface area contributed by atoms with Crippen LogP contribution in [0, 0.1) is 0 Å². The zero-order valence-corrected chi connectivity index (χ0v) is 13.7.